The Hall–Kier alpha value is -2.00. The predicted octanol–water partition coefficient (Wildman–Crippen LogP) is 5.94. The summed E-state index contributed by atoms with van der Waals surface area (Å²) in [5.41, 5.74) is 0.651. The summed E-state index contributed by atoms with van der Waals surface area (Å²) in [6.07, 6.45) is 3.64. The number of carbonyl (C=O) groups is 2. The van der Waals surface area contributed by atoms with Crippen LogP contribution < -0.4 is 4.90 Å². The van der Waals surface area contributed by atoms with Crippen molar-refractivity contribution >= 4 is 44.5 Å². The number of aryl methyl sites for hydroxylation is 1. The summed E-state index contributed by atoms with van der Waals surface area (Å²) in [6.45, 7) is 13.1. The quantitative estimate of drug-likeness (QED) is 0.416. The van der Waals surface area contributed by atoms with Crippen LogP contribution >= 0.6 is 27.3 Å². The van der Waals surface area contributed by atoms with Crippen LogP contribution in [-0.4, -0.2) is 39.8 Å². The van der Waals surface area contributed by atoms with E-state index in [4.69, 9.17) is 9.47 Å². The molecule has 0 unspecified atom stereocenters. The summed E-state index contributed by atoms with van der Waals surface area (Å²) in [7, 11) is 0. The molecule has 2 heterocycles. The first-order valence-corrected chi connectivity index (χ1v) is 12.1. The molecule has 0 radical (unpaired) electrons. The highest BCUT2D eigenvalue weighted by Crippen LogP contribution is 2.30. The van der Waals surface area contributed by atoms with E-state index in [1.165, 1.54) is 16.2 Å². The van der Waals surface area contributed by atoms with Crippen molar-refractivity contribution in [3.8, 4) is 0 Å². The first kappa shape index (κ1) is 26.3. The van der Waals surface area contributed by atoms with E-state index >= 15 is 0 Å². The second kappa shape index (κ2) is 10.7. The van der Waals surface area contributed by atoms with Crippen molar-refractivity contribution in [3.05, 3.63) is 39.6 Å². The molecule has 2 rings (SSSR count). The summed E-state index contributed by atoms with van der Waals surface area (Å²) in [5, 5.41) is 0.502. The molecule has 0 aliphatic heterocycles. The van der Waals surface area contributed by atoms with Crippen molar-refractivity contribution in [2.24, 2.45) is 5.92 Å². The van der Waals surface area contributed by atoms with Crippen LogP contribution in [0.5, 0.6) is 0 Å². The lowest BCUT2D eigenvalue weighted by molar-refractivity contribution is -0.155. The molecule has 2 aromatic heterocycles. The zero-order chi connectivity index (χ0) is 24.1. The van der Waals surface area contributed by atoms with E-state index in [2.05, 4.69) is 25.9 Å². The molecule has 0 N–H and O–H groups in total. The van der Waals surface area contributed by atoms with Crippen molar-refractivity contribution < 1.29 is 19.1 Å². The van der Waals surface area contributed by atoms with E-state index in [1.54, 1.807) is 12.4 Å². The number of rotatable bonds is 7. The van der Waals surface area contributed by atoms with Gasteiger partial charge in [-0.1, -0.05) is 17.4 Å². The lowest BCUT2D eigenvalue weighted by atomic mass is 9.96. The Morgan fingerprint density at radius 1 is 1.06 bits per heavy atom. The maximum atomic E-state index is 13.0. The number of thiazole rings is 1. The highest BCUT2D eigenvalue weighted by Gasteiger charge is 2.30. The molecule has 0 aliphatic rings. The van der Waals surface area contributed by atoms with Gasteiger partial charge in [-0.25, -0.2) is 9.78 Å². The number of hydrogen-bond donors (Lipinski definition) is 0. The molecule has 0 fully saturated rings. The third-order valence-electron chi connectivity index (χ3n) is 4.12. The number of pyridine rings is 1. The monoisotopic (exact) mass is 525 g/mol. The minimum atomic E-state index is -0.661. The summed E-state index contributed by atoms with van der Waals surface area (Å²) < 4.78 is 12.0. The fraction of sp³-hybridized carbons (Fsp3) is 0.565. The smallest absolute Gasteiger partial charge is 0.416 e. The lowest BCUT2D eigenvalue weighted by Gasteiger charge is -2.29. The largest absolute Gasteiger partial charge is 0.460 e. The van der Waals surface area contributed by atoms with Gasteiger partial charge in [0.05, 0.1) is 16.4 Å². The van der Waals surface area contributed by atoms with Gasteiger partial charge in [-0.3, -0.25) is 14.7 Å². The van der Waals surface area contributed by atoms with Crippen molar-refractivity contribution in [2.75, 3.05) is 11.4 Å². The average molecular weight is 526 g/mol. The van der Waals surface area contributed by atoms with Crippen molar-refractivity contribution in [1.29, 1.82) is 0 Å². The van der Waals surface area contributed by atoms with Crippen molar-refractivity contribution in [3.63, 3.8) is 0 Å². The van der Waals surface area contributed by atoms with Gasteiger partial charge in [-0.05, 0) is 88.4 Å². The lowest BCUT2D eigenvalue weighted by Crippen LogP contribution is -2.41. The van der Waals surface area contributed by atoms with E-state index in [0.717, 1.165) is 15.0 Å². The molecule has 0 spiro atoms. The van der Waals surface area contributed by atoms with E-state index in [1.807, 2.05) is 60.6 Å². The average Bonchev–Trinajstić information content (AvgIpc) is 3.04. The molecular formula is C23H32BrN3O4S. The summed E-state index contributed by atoms with van der Waals surface area (Å²) in [4.78, 5) is 35.9. The van der Waals surface area contributed by atoms with Gasteiger partial charge in [0.1, 0.15) is 11.2 Å². The third kappa shape index (κ3) is 9.24. The highest BCUT2D eigenvalue weighted by molar-refractivity contribution is 9.11. The van der Waals surface area contributed by atoms with E-state index in [0.29, 0.717) is 11.6 Å². The van der Waals surface area contributed by atoms with E-state index in [-0.39, 0.29) is 24.9 Å². The van der Waals surface area contributed by atoms with Crippen molar-refractivity contribution in [2.45, 2.75) is 72.5 Å². The minimum Gasteiger partial charge on any atom is -0.460 e. The summed E-state index contributed by atoms with van der Waals surface area (Å²) in [5.74, 6) is -0.531. The fourth-order valence-corrected chi connectivity index (χ4v) is 4.13. The number of amides is 1. The minimum absolute atomic E-state index is 0.150. The Morgan fingerprint density at radius 2 is 1.72 bits per heavy atom. The number of hydrogen-bond acceptors (Lipinski definition) is 7. The highest BCUT2D eigenvalue weighted by atomic mass is 79.9. The normalized spacial score (nSPS) is 12.9. The molecule has 0 saturated carbocycles. The van der Waals surface area contributed by atoms with Crippen LogP contribution in [-0.2, 0) is 20.7 Å². The number of aromatic nitrogens is 2. The standard InChI is InChI=1S/C23H32BrN3O4S/c1-15-8-9-16(12-25-15)10-17(11-19(28)30-22(2,3)4)14-27(20-26-13-18(24)32-20)21(29)31-23(5,6)7/h8-9,12-13,17H,10-11,14H2,1-7H3/t17-/m1/s1. The van der Waals surface area contributed by atoms with Crippen LogP contribution in [0.3, 0.4) is 0 Å². The summed E-state index contributed by atoms with van der Waals surface area (Å²) in [6, 6.07) is 3.92. The third-order valence-corrected chi connectivity index (χ3v) is 5.62. The fourth-order valence-electron chi connectivity index (χ4n) is 2.95. The zero-order valence-corrected chi connectivity index (χ0v) is 22.2. The van der Waals surface area contributed by atoms with E-state index in [9.17, 15) is 9.59 Å². The molecule has 32 heavy (non-hydrogen) atoms. The van der Waals surface area contributed by atoms with Crippen LogP contribution in [0.25, 0.3) is 0 Å². The second-order valence-corrected chi connectivity index (χ2v) is 12.1. The number of esters is 1. The van der Waals surface area contributed by atoms with Gasteiger partial charge < -0.3 is 9.47 Å². The number of anilines is 1. The van der Waals surface area contributed by atoms with Gasteiger partial charge in [0, 0.05) is 18.4 Å². The number of halogens is 1. The SMILES string of the molecule is Cc1ccc(C[C@H](CC(=O)OC(C)(C)C)CN(C(=O)OC(C)(C)C)c2ncc(Br)s2)cn1. The Bertz CT molecular complexity index is 917. The first-order chi connectivity index (χ1) is 14.7. The van der Waals surface area contributed by atoms with Gasteiger partial charge >= 0.3 is 12.1 Å². The van der Waals surface area contributed by atoms with Crippen LogP contribution in [0.1, 0.15) is 59.2 Å². The van der Waals surface area contributed by atoms with Crippen molar-refractivity contribution in [1.82, 2.24) is 9.97 Å². The maximum Gasteiger partial charge on any atom is 0.416 e. The first-order valence-electron chi connectivity index (χ1n) is 10.5. The van der Waals surface area contributed by atoms with Gasteiger partial charge in [-0.15, -0.1) is 0 Å². The molecule has 1 amide bonds. The Labute approximate surface area is 202 Å². The molecule has 9 heteroatoms. The molecule has 0 aromatic carbocycles. The summed E-state index contributed by atoms with van der Waals surface area (Å²) >= 11 is 4.74. The van der Waals surface area contributed by atoms with Crippen LogP contribution in [0.15, 0.2) is 28.3 Å². The molecule has 1 atom stereocenters. The maximum absolute atomic E-state index is 13.0. The molecule has 2 aromatic rings. The zero-order valence-electron chi connectivity index (χ0n) is 19.8. The molecular weight excluding hydrogens is 494 g/mol. The van der Waals surface area contributed by atoms with Crippen LogP contribution in [0, 0.1) is 12.8 Å². The van der Waals surface area contributed by atoms with Gasteiger partial charge in [0.2, 0.25) is 0 Å². The number of nitrogens with zero attached hydrogens (tertiary/aromatic N) is 3. The molecule has 7 nitrogen and oxygen atoms in total. The molecule has 176 valence electrons. The van der Waals surface area contributed by atoms with Gasteiger partial charge in [0.25, 0.3) is 0 Å². The Kier molecular flexibility index (Phi) is 8.82. The topological polar surface area (TPSA) is 81.6 Å². The number of carbonyl (C=O) groups excluding carboxylic acids is 2. The number of ether oxygens (including phenoxy) is 2. The molecule has 0 bridgehead atoms. The molecule has 0 aliphatic carbocycles. The predicted molar refractivity (Wildman–Crippen MR) is 130 cm³/mol. The van der Waals surface area contributed by atoms with E-state index < -0.39 is 17.3 Å². The Balaban J connectivity index is 2.30. The van der Waals surface area contributed by atoms with Gasteiger partial charge in [-0.2, -0.15) is 0 Å². The van der Waals surface area contributed by atoms with Gasteiger partial charge in [0.15, 0.2) is 5.13 Å². The van der Waals surface area contributed by atoms with Crippen LogP contribution in [0.2, 0.25) is 0 Å². The Morgan fingerprint density at radius 3 is 2.22 bits per heavy atom. The second-order valence-electron chi connectivity index (χ2n) is 9.71. The molecule has 0 saturated heterocycles. The van der Waals surface area contributed by atoms with Crippen LogP contribution in [0.4, 0.5) is 9.93 Å².